The van der Waals surface area contributed by atoms with E-state index in [0.717, 1.165) is 15.4 Å². The monoisotopic (exact) mass is 438 g/mol. The molecule has 146 valence electrons. The van der Waals surface area contributed by atoms with E-state index < -0.39 is 11.6 Å². The van der Waals surface area contributed by atoms with E-state index >= 15 is 0 Å². The summed E-state index contributed by atoms with van der Waals surface area (Å²) < 4.78 is 12.3. The second kappa shape index (κ2) is 7.42. The van der Waals surface area contributed by atoms with E-state index in [4.69, 9.17) is 14.6 Å². The molecule has 2 aromatic rings. The standard InChI is InChI=1S/C19H23BrN2O5/c1-19(2,3)27-18(25)22-6-4-12(5-7-22)26-16-9-11-8-15(17(23)24)21-14(11)10-13(16)20/h8-10,12,21H,4-7H2,1-3H3,(H,23,24). The number of likely N-dealkylation sites (tertiary alicyclic amines) is 1. The third-order valence-electron chi connectivity index (χ3n) is 4.29. The lowest BCUT2D eigenvalue weighted by Gasteiger charge is -2.33. The molecule has 1 saturated heterocycles. The molecule has 0 radical (unpaired) electrons. The Bertz CT molecular complexity index is 863. The molecule has 27 heavy (non-hydrogen) atoms. The minimum Gasteiger partial charge on any atom is -0.489 e. The van der Waals surface area contributed by atoms with Crippen LogP contribution < -0.4 is 4.74 Å². The summed E-state index contributed by atoms with van der Waals surface area (Å²) in [5.74, 6) is -0.339. The minimum atomic E-state index is -1.00. The summed E-state index contributed by atoms with van der Waals surface area (Å²) in [7, 11) is 0. The molecule has 0 saturated carbocycles. The summed E-state index contributed by atoms with van der Waals surface area (Å²) in [6.07, 6.45) is 1.10. The highest BCUT2D eigenvalue weighted by Gasteiger charge is 2.28. The summed E-state index contributed by atoms with van der Waals surface area (Å²) in [5.41, 5.74) is 0.363. The number of piperidine rings is 1. The maximum atomic E-state index is 12.1. The van der Waals surface area contributed by atoms with Gasteiger partial charge in [-0.1, -0.05) is 0 Å². The predicted molar refractivity (Wildman–Crippen MR) is 104 cm³/mol. The molecule has 3 rings (SSSR count). The van der Waals surface area contributed by atoms with Crippen LogP contribution in [-0.4, -0.2) is 51.8 Å². The number of nitrogens with zero attached hydrogens (tertiary/aromatic N) is 1. The number of ether oxygens (including phenoxy) is 2. The highest BCUT2D eigenvalue weighted by molar-refractivity contribution is 9.10. The number of carboxylic acid groups (broad SMARTS) is 1. The van der Waals surface area contributed by atoms with Gasteiger partial charge in [-0.25, -0.2) is 9.59 Å². The molecule has 0 aliphatic carbocycles. The zero-order valence-corrected chi connectivity index (χ0v) is 17.1. The number of fused-ring (bicyclic) bond motifs is 1. The highest BCUT2D eigenvalue weighted by Crippen LogP contribution is 2.33. The fourth-order valence-corrected chi connectivity index (χ4v) is 3.44. The lowest BCUT2D eigenvalue weighted by atomic mass is 10.1. The van der Waals surface area contributed by atoms with Gasteiger partial charge < -0.3 is 24.5 Å². The summed E-state index contributed by atoms with van der Waals surface area (Å²) in [4.78, 5) is 27.8. The van der Waals surface area contributed by atoms with E-state index in [-0.39, 0.29) is 17.9 Å². The fraction of sp³-hybridized carbons (Fsp3) is 0.474. The third kappa shape index (κ3) is 4.74. The van der Waals surface area contributed by atoms with Crippen LogP contribution in [0.1, 0.15) is 44.1 Å². The van der Waals surface area contributed by atoms with Gasteiger partial charge in [-0.2, -0.15) is 0 Å². The number of hydrogen-bond acceptors (Lipinski definition) is 4. The van der Waals surface area contributed by atoms with E-state index in [1.807, 2.05) is 32.9 Å². The molecule has 1 aromatic heterocycles. The Balaban J connectivity index is 1.64. The second-order valence-electron chi connectivity index (χ2n) is 7.64. The molecular formula is C19H23BrN2O5. The number of aromatic amines is 1. The maximum absolute atomic E-state index is 12.1. The van der Waals surface area contributed by atoms with Gasteiger partial charge in [0.05, 0.1) is 4.47 Å². The predicted octanol–water partition coefficient (Wildman–Crippen LogP) is 4.41. The number of amides is 1. The average Bonchev–Trinajstić information content (AvgIpc) is 2.97. The Morgan fingerprint density at radius 2 is 1.89 bits per heavy atom. The zero-order valence-electron chi connectivity index (χ0n) is 15.5. The first-order valence-corrected chi connectivity index (χ1v) is 9.62. The van der Waals surface area contributed by atoms with Crippen molar-refractivity contribution in [1.29, 1.82) is 0 Å². The summed E-state index contributed by atoms with van der Waals surface area (Å²) in [6, 6.07) is 5.22. The van der Waals surface area contributed by atoms with Crippen molar-refractivity contribution in [1.82, 2.24) is 9.88 Å². The number of hydrogen-bond donors (Lipinski definition) is 2. The maximum Gasteiger partial charge on any atom is 0.410 e. The van der Waals surface area contributed by atoms with Crippen molar-refractivity contribution in [2.24, 2.45) is 0 Å². The van der Waals surface area contributed by atoms with Crippen molar-refractivity contribution in [3.8, 4) is 5.75 Å². The van der Waals surface area contributed by atoms with Gasteiger partial charge in [-0.05, 0) is 54.9 Å². The largest absolute Gasteiger partial charge is 0.489 e. The molecule has 1 fully saturated rings. The highest BCUT2D eigenvalue weighted by atomic mass is 79.9. The number of carbonyl (C=O) groups is 2. The number of aromatic carboxylic acids is 1. The lowest BCUT2D eigenvalue weighted by Crippen LogP contribution is -2.44. The van der Waals surface area contributed by atoms with Crippen molar-refractivity contribution in [2.75, 3.05) is 13.1 Å². The Hall–Kier alpha value is -2.22. The molecule has 1 aliphatic heterocycles. The van der Waals surface area contributed by atoms with Gasteiger partial charge in [0.2, 0.25) is 0 Å². The van der Waals surface area contributed by atoms with Gasteiger partial charge in [0.1, 0.15) is 23.1 Å². The molecule has 0 spiro atoms. The molecular weight excluding hydrogens is 416 g/mol. The summed E-state index contributed by atoms with van der Waals surface area (Å²) in [6.45, 7) is 6.71. The van der Waals surface area contributed by atoms with Gasteiger partial charge in [0, 0.05) is 36.8 Å². The van der Waals surface area contributed by atoms with Crippen LogP contribution in [0.25, 0.3) is 10.9 Å². The smallest absolute Gasteiger partial charge is 0.410 e. The van der Waals surface area contributed by atoms with Crippen LogP contribution in [0.2, 0.25) is 0 Å². The zero-order chi connectivity index (χ0) is 19.8. The van der Waals surface area contributed by atoms with Gasteiger partial charge in [0.15, 0.2) is 0 Å². The van der Waals surface area contributed by atoms with Gasteiger partial charge in [0.25, 0.3) is 0 Å². The van der Waals surface area contributed by atoms with Gasteiger partial charge >= 0.3 is 12.1 Å². The van der Waals surface area contributed by atoms with E-state index in [1.165, 1.54) is 0 Å². The van der Waals surface area contributed by atoms with Crippen molar-refractivity contribution in [2.45, 2.75) is 45.3 Å². The summed E-state index contributed by atoms with van der Waals surface area (Å²) in [5, 5.41) is 9.88. The number of H-pyrrole nitrogens is 1. The van der Waals surface area contributed by atoms with Crippen LogP contribution >= 0.6 is 15.9 Å². The van der Waals surface area contributed by atoms with Crippen LogP contribution in [0.3, 0.4) is 0 Å². The quantitative estimate of drug-likeness (QED) is 0.740. The molecule has 7 nitrogen and oxygen atoms in total. The normalized spacial score (nSPS) is 15.8. The molecule has 2 heterocycles. The van der Waals surface area contributed by atoms with E-state index in [1.54, 1.807) is 11.0 Å². The fourth-order valence-electron chi connectivity index (χ4n) is 3.00. The molecule has 0 unspecified atom stereocenters. The Morgan fingerprint density at radius 3 is 2.48 bits per heavy atom. The molecule has 2 N–H and O–H groups in total. The molecule has 0 atom stereocenters. The molecule has 0 bridgehead atoms. The minimum absolute atomic E-state index is 0.0182. The number of nitrogens with one attached hydrogen (secondary N) is 1. The first-order valence-electron chi connectivity index (χ1n) is 8.82. The average molecular weight is 439 g/mol. The van der Waals surface area contributed by atoms with Crippen molar-refractivity contribution in [3.05, 3.63) is 28.4 Å². The van der Waals surface area contributed by atoms with Crippen LogP contribution in [-0.2, 0) is 4.74 Å². The van der Waals surface area contributed by atoms with E-state index in [9.17, 15) is 9.59 Å². The lowest BCUT2D eigenvalue weighted by molar-refractivity contribution is 0.0126. The van der Waals surface area contributed by atoms with Crippen molar-refractivity contribution < 1.29 is 24.2 Å². The second-order valence-corrected chi connectivity index (χ2v) is 8.50. The number of benzene rings is 1. The van der Waals surface area contributed by atoms with Crippen molar-refractivity contribution in [3.63, 3.8) is 0 Å². The SMILES string of the molecule is CC(C)(C)OC(=O)N1CCC(Oc2cc3cc(C(=O)O)[nH]c3cc2Br)CC1. The van der Waals surface area contributed by atoms with Crippen molar-refractivity contribution >= 4 is 38.9 Å². The van der Waals surface area contributed by atoms with Crippen LogP contribution in [0.5, 0.6) is 5.75 Å². The van der Waals surface area contributed by atoms with Gasteiger partial charge in [-0.3, -0.25) is 0 Å². The first-order chi connectivity index (χ1) is 12.6. The Labute approximate surface area is 165 Å². The first kappa shape index (κ1) is 19.5. The molecule has 8 heteroatoms. The number of aromatic nitrogens is 1. The van der Waals surface area contributed by atoms with Crippen LogP contribution in [0.4, 0.5) is 4.79 Å². The third-order valence-corrected chi connectivity index (χ3v) is 4.91. The number of carboxylic acids is 1. The van der Waals surface area contributed by atoms with Crippen LogP contribution in [0, 0.1) is 0 Å². The van der Waals surface area contributed by atoms with Gasteiger partial charge in [-0.15, -0.1) is 0 Å². The molecule has 1 aliphatic rings. The molecule has 1 aromatic carbocycles. The number of carbonyl (C=O) groups excluding carboxylic acids is 1. The number of halogens is 1. The Kier molecular flexibility index (Phi) is 5.37. The Morgan fingerprint density at radius 1 is 1.22 bits per heavy atom. The topological polar surface area (TPSA) is 91.9 Å². The van der Waals surface area contributed by atoms with Crippen LogP contribution in [0.15, 0.2) is 22.7 Å². The van der Waals surface area contributed by atoms with E-state index in [0.29, 0.717) is 31.7 Å². The van der Waals surface area contributed by atoms with E-state index in [2.05, 4.69) is 20.9 Å². The molecule has 1 amide bonds. The number of rotatable bonds is 3. The summed E-state index contributed by atoms with van der Waals surface area (Å²) >= 11 is 3.48.